The number of cyclic esters (lactones) is 1. The molecule has 2 aliphatic heterocycles. The number of fused-ring (bicyclic) bond motifs is 4. The van der Waals surface area contributed by atoms with Crippen molar-refractivity contribution >= 4 is 23.9 Å². The number of alkyl carbamates (subject to hydrolysis) is 1. The number of esters is 1. The Bertz CT molecular complexity index is 1020. The molecule has 2 heterocycles. The number of hydrazine groups is 1. The lowest BCUT2D eigenvalue weighted by Crippen LogP contribution is -2.62. The number of carbonyl (C=O) groups excluding carboxylic acids is 4. The van der Waals surface area contributed by atoms with Crippen LogP contribution in [0.1, 0.15) is 65.9 Å². The first-order valence-corrected chi connectivity index (χ1v) is 13.7. The summed E-state index contributed by atoms with van der Waals surface area (Å²) in [6, 6.07) is 4.84. The maximum absolute atomic E-state index is 13.7. The first kappa shape index (κ1) is 30.2. The lowest BCUT2D eigenvalue weighted by molar-refractivity contribution is -0.153. The van der Waals surface area contributed by atoms with E-state index in [1.807, 2.05) is 24.3 Å². The zero-order valence-corrected chi connectivity index (χ0v) is 23.6. The van der Waals surface area contributed by atoms with Gasteiger partial charge in [-0.25, -0.2) is 10.2 Å². The van der Waals surface area contributed by atoms with E-state index in [2.05, 4.69) is 16.1 Å². The summed E-state index contributed by atoms with van der Waals surface area (Å²) in [5.74, 6) is -0.935. The van der Waals surface area contributed by atoms with Gasteiger partial charge in [0.2, 0.25) is 5.91 Å². The number of hydrogen-bond donors (Lipinski definition) is 3. The average Bonchev–Trinajstić information content (AvgIpc) is 2.87. The fraction of sp³-hybridized carbons (Fsp3) is 0.643. The molecular formula is C28H42N4O7. The highest BCUT2D eigenvalue weighted by molar-refractivity contribution is 5.91. The van der Waals surface area contributed by atoms with Crippen LogP contribution in [0.15, 0.2) is 24.3 Å². The van der Waals surface area contributed by atoms with E-state index in [0.717, 1.165) is 12.0 Å². The fourth-order valence-corrected chi connectivity index (χ4v) is 4.40. The minimum atomic E-state index is -0.968. The van der Waals surface area contributed by atoms with Crippen molar-refractivity contribution in [2.45, 2.75) is 90.4 Å². The third kappa shape index (κ3) is 9.42. The summed E-state index contributed by atoms with van der Waals surface area (Å²) in [7, 11) is 0. The van der Waals surface area contributed by atoms with Crippen LogP contribution in [-0.4, -0.2) is 72.4 Å². The fourth-order valence-electron chi connectivity index (χ4n) is 4.40. The Morgan fingerprint density at radius 3 is 2.51 bits per heavy atom. The molecule has 39 heavy (non-hydrogen) atoms. The van der Waals surface area contributed by atoms with E-state index in [1.54, 1.807) is 34.6 Å². The van der Waals surface area contributed by atoms with E-state index < -0.39 is 41.7 Å². The van der Waals surface area contributed by atoms with Crippen molar-refractivity contribution < 1.29 is 33.4 Å². The number of benzene rings is 1. The molecule has 2 aliphatic rings. The van der Waals surface area contributed by atoms with Crippen molar-refractivity contribution in [2.24, 2.45) is 5.92 Å². The van der Waals surface area contributed by atoms with E-state index in [-0.39, 0.29) is 24.9 Å². The minimum absolute atomic E-state index is 0.187. The van der Waals surface area contributed by atoms with Crippen molar-refractivity contribution in [1.82, 2.24) is 21.1 Å². The van der Waals surface area contributed by atoms with Crippen LogP contribution in [-0.2, 0) is 30.3 Å². The molecule has 1 aromatic carbocycles. The quantitative estimate of drug-likeness (QED) is 0.490. The molecule has 0 aromatic heterocycles. The van der Waals surface area contributed by atoms with Gasteiger partial charge >= 0.3 is 12.1 Å². The smallest absolute Gasteiger partial charge is 0.408 e. The summed E-state index contributed by atoms with van der Waals surface area (Å²) >= 11 is 0. The summed E-state index contributed by atoms with van der Waals surface area (Å²) in [6.45, 7) is 9.92. The van der Waals surface area contributed by atoms with Gasteiger partial charge in [-0.05, 0) is 70.1 Å². The Labute approximate surface area is 230 Å². The number of carbonyl (C=O) groups is 4. The molecule has 4 bridgehead atoms. The van der Waals surface area contributed by atoms with Crippen LogP contribution in [0.5, 0.6) is 5.75 Å². The molecule has 216 valence electrons. The SMILES string of the molecule is CC(C)[C@H](NC(=O)OC(C)(C)C)C(=O)N[C@H]1Cc2cccc(c2)OCCCCOC(=O)[C@@H]2CCCN(N2)C1=O. The number of nitrogens with one attached hydrogen (secondary N) is 3. The molecule has 1 saturated heterocycles. The van der Waals surface area contributed by atoms with Crippen LogP contribution in [0, 0.1) is 5.92 Å². The zero-order valence-electron chi connectivity index (χ0n) is 23.6. The second-order valence-electron chi connectivity index (χ2n) is 11.3. The van der Waals surface area contributed by atoms with Gasteiger partial charge in [-0.1, -0.05) is 26.0 Å². The Hall–Kier alpha value is -3.34. The lowest BCUT2D eigenvalue weighted by Gasteiger charge is -2.35. The number of ether oxygens (including phenoxy) is 3. The zero-order chi connectivity index (χ0) is 28.6. The van der Waals surface area contributed by atoms with Crippen molar-refractivity contribution in [2.75, 3.05) is 19.8 Å². The predicted molar refractivity (Wildman–Crippen MR) is 144 cm³/mol. The van der Waals surface area contributed by atoms with Gasteiger partial charge in [-0.2, -0.15) is 0 Å². The second kappa shape index (κ2) is 13.6. The van der Waals surface area contributed by atoms with Crippen LogP contribution >= 0.6 is 0 Å². The number of nitrogens with zero attached hydrogens (tertiary/aromatic N) is 1. The van der Waals surface area contributed by atoms with E-state index in [1.165, 1.54) is 5.01 Å². The van der Waals surface area contributed by atoms with E-state index >= 15 is 0 Å². The molecule has 0 radical (unpaired) electrons. The number of rotatable bonds is 4. The molecule has 0 aliphatic carbocycles. The van der Waals surface area contributed by atoms with Gasteiger partial charge in [0, 0.05) is 13.0 Å². The highest BCUT2D eigenvalue weighted by atomic mass is 16.6. The molecule has 0 spiro atoms. The van der Waals surface area contributed by atoms with E-state index in [9.17, 15) is 19.2 Å². The molecule has 11 nitrogen and oxygen atoms in total. The van der Waals surface area contributed by atoms with Gasteiger partial charge in [0.15, 0.2) is 0 Å². The van der Waals surface area contributed by atoms with Gasteiger partial charge in [-0.15, -0.1) is 0 Å². The van der Waals surface area contributed by atoms with Crippen LogP contribution in [0.2, 0.25) is 0 Å². The predicted octanol–water partition coefficient (Wildman–Crippen LogP) is 2.47. The molecule has 11 heteroatoms. The Kier molecular flexibility index (Phi) is 10.6. The topological polar surface area (TPSA) is 135 Å². The van der Waals surface area contributed by atoms with Crippen LogP contribution in [0.4, 0.5) is 4.79 Å². The molecule has 1 aromatic rings. The van der Waals surface area contributed by atoms with Crippen LogP contribution in [0.3, 0.4) is 0 Å². The molecule has 1 fully saturated rings. The normalized spacial score (nSPS) is 21.8. The van der Waals surface area contributed by atoms with Crippen molar-refractivity contribution in [1.29, 1.82) is 0 Å². The van der Waals surface area contributed by atoms with Gasteiger partial charge in [-0.3, -0.25) is 19.4 Å². The molecule has 0 unspecified atom stereocenters. The van der Waals surface area contributed by atoms with Crippen molar-refractivity contribution in [3.63, 3.8) is 0 Å². The third-order valence-corrected chi connectivity index (χ3v) is 6.36. The van der Waals surface area contributed by atoms with E-state index in [4.69, 9.17) is 14.2 Å². The Balaban J connectivity index is 1.85. The molecule has 3 atom stereocenters. The van der Waals surface area contributed by atoms with Gasteiger partial charge in [0.1, 0.15) is 29.5 Å². The Morgan fingerprint density at radius 2 is 1.82 bits per heavy atom. The third-order valence-electron chi connectivity index (χ3n) is 6.36. The number of amides is 3. The lowest BCUT2D eigenvalue weighted by atomic mass is 10.0. The highest BCUT2D eigenvalue weighted by Crippen LogP contribution is 2.18. The molecule has 0 saturated carbocycles. The molecular weight excluding hydrogens is 504 g/mol. The van der Waals surface area contributed by atoms with Gasteiger partial charge in [0.05, 0.1) is 13.2 Å². The monoisotopic (exact) mass is 546 g/mol. The maximum atomic E-state index is 13.7. The number of hydrogen-bond acceptors (Lipinski definition) is 8. The summed E-state index contributed by atoms with van der Waals surface area (Å²) in [4.78, 5) is 52.2. The molecule has 3 N–H and O–H groups in total. The largest absolute Gasteiger partial charge is 0.494 e. The second-order valence-corrected chi connectivity index (χ2v) is 11.3. The van der Waals surface area contributed by atoms with Gasteiger partial charge in [0.25, 0.3) is 5.91 Å². The molecule has 3 amide bonds. The van der Waals surface area contributed by atoms with Crippen molar-refractivity contribution in [3.05, 3.63) is 29.8 Å². The van der Waals surface area contributed by atoms with Crippen molar-refractivity contribution in [3.8, 4) is 5.75 Å². The standard InChI is InChI=1S/C28H42N4O7/c1-18(2)23(30-27(36)39-28(3,4)5)24(33)29-22-17-19-10-8-11-20(16-19)37-14-6-7-15-38-26(35)21-12-9-13-32(31-21)25(22)34/h8,10-11,16,18,21-23,31H,6-7,9,12-15,17H2,1-5H3,(H,29,33)(H,30,36)/t21-,22-,23-/m0/s1. The highest BCUT2D eigenvalue weighted by Gasteiger charge is 2.35. The van der Waals surface area contributed by atoms with Crippen LogP contribution in [0.25, 0.3) is 0 Å². The first-order valence-electron chi connectivity index (χ1n) is 13.7. The first-order chi connectivity index (χ1) is 18.4. The summed E-state index contributed by atoms with van der Waals surface area (Å²) in [6.07, 6.45) is 2.01. The summed E-state index contributed by atoms with van der Waals surface area (Å²) in [5.41, 5.74) is 3.07. The average molecular weight is 547 g/mol. The van der Waals surface area contributed by atoms with E-state index in [0.29, 0.717) is 38.2 Å². The van der Waals surface area contributed by atoms with Gasteiger partial charge < -0.3 is 24.8 Å². The van der Waals surface area contributed by atoms with Crippen LogP contribution < -0.4 is 20.8 Å². The molecule has 3 rings (SSSR count). The maximum Gasteiger partial charge on any atom is 0.408 e. The summed E-state index contributed by atoms with van der Waals surface area (Å²) in [5, 5.41) is 6.87. The Morgan fingerprint density at radius 1 is 1.10 bits per heavy atom. The summed E-state index contributed by atoms with van der Waals surface area (Å²) < 4.78 is 16.6. The minimum Gasteiger partial charge on any atom is -0.494 e.